The van der Waals surface area contributed by atoms with E-state index in [1.54, 1.807) is 0 Å². The van der Waals surface area contributed by atoms with Crippen molar-refractivity contribution in [1.82, 2.24) is 5.32 Å². The van der Waals surface area contributed by atoms with Crippen LogP contribution in [-0.2, 0) is 6.54 Å². The third-order valence-corrected chi connectivity index (χ3v) is 5.08. The first-order valence-corrected chi connectivity index (χ1v) is 8.37. The molecule has 4 heteroatoms. The van der Waals surface area contributed by atoms with E-state index in [4.69, 9.17) is 0 Å². The van der Waals surface area contributed by atoms with Crippen LogP contribution in [0.5, 0.6) is 0 Å². The van der Waals surface area contributed by atoms with Gasteiger partial charge in [0.05, 0.1) is 11.8 Å². The van der Waals surface area contributed by atoms with Crippen LogP contribution in [0.15, 0.2) is 22.7 Å². The first-order chi connectivity index (χ1) is 9.63. The van der Waals surface area contributed by atoms with Crippen molar-refractivity contribution in [3.05, 3.63) is 28.2 Å². The quantitative estimate of drug-likeness (QED) is 0.885. The van der Waals surface area contributed by atoms with E-state index in [1.165, 1.54) is 24.1 Å². The van der Waals surface area contributed by atoms with Gasteiger partial charge in [0.2, 0.25) is 0 Å². The Hall–Kier alpha value is -0.580. The van der Waals surface area contributed by atoms with Crippen molar-refractivity contribution in [2.45, 2.75) is 44.9 Å². The number of hydrogen-bond donors (Lipinski definition) is 2. The van der Waals surface area contributed by atoms with E-state index in [2.05, 4.69) is 51.3 Å². The first kappa shape index (κ1) is 14.4. The Morgan fingerprint density at radius 3 is 2.80 bits per heavy atom. The molecular weight excluding hydrogens is 316 g/mol. The summed E-state index contributed by atoms with van der Waals surface area (Å²) in [5, 5.41) is 13.6. The maximum absolute atomic E-state index is 10.0. The van der Waals surface area contributed by atoms with Crippen LogP contribution in [0.25, 0.3) is 0 Å². The monoisotopic (exact) mass is 338 g/mol. The average molecular weight is 339 g/mol. The summed E-state index contributed by atoms with van der Waals surface area (Å²) >= 11 is 3.69. The Bertz CT molecular complexity index is 476. The standard InChI is InChI=1S/C16H23BrN2O/c1-11-6-7-19(10-16(11)20)15-5-2-12(8-14(15)17)9-18-13-3-4-13/h2,5,8,11,13,16,18,20H,3-4,6-7,9-10H2,1H3. The van der Waals surface area contributed by atoms with E-state index in [0.29, 0.717) is 5.92 Å². The fourth-order valence-corrected chi connectivity index (χ4v) is 3.41. The number of halogens is 1. The van der Waals surface area contributed by atoms with Gasteiger partial charge < -0.3 is 15.3 Å². The highest BCUT2D eigenvalue weighted by atomic mass is 79.9. The van der Waals surface area contributed by atoms with Crippen LogP contribution in [-0.4, -0.2) is 30.3 Å². The van der Waals surface area contributed by atoms with Crippen LogP contribution >= 0.6 is 15.9 Å². The lowest BCUT2D eigenvalue weighted by Gasteiger charge is -2.36. The largest absolute Gasteiger partial charge is 0.391 e. The van der Waals surface area contributed by atoms with E-state index in [-0.39, 0.29) is 6.10 Å². The molecule has 110 valence electrons. The second-order valence-electron chi connectivity index (χ2n) is 6.22. The summed E-state index contributed by atoms with van der Waals surface area (Å²) in [5.41, 5.74) is 2.52. The highest BCUT2D eigenvalue weighted by Gasteiger charge is 2.25. The maximum atomic E-state index is 10.0. The van der Waals surface area contributed by atoms with Crippen molar-refractivity contribution in [2.75, 3.05) is 18.0 Å². The van der Waals surface area contributed by atoms with E-state index < -0.39 is 0 Å². The molecule has 0 bridgehead atoms. The Kier molecular flexibility index (Phi) is 4.34. The number of β-amino-alcohol motifs (C(OH)–C–C–N with tert-alkyl or cyclic N) is 1. The number of nitrogens with one attached hydrogen (secondary N) is 1. The highest BCUT2D eigenvalue weighted by Crippen LogP contribution is 2.31. The maximum Gasteiger partial charge on any atom is 0.0741 e. The van der Waals surface area contributed by atoms with Crippen molar-refractivity contribution in [3.63, 3.8) is 0 Å². The van der Waals surface area contributed by atoms with Crippen LogP contribution in [0.2, 0.25) is 0 Å². The van der Waals surface area contributed by atoms with Gasteiger partial charge in [0.25, 0.3) is 0 Å². The Labute approximate surface area is 129 Å². The molecule has 2 unspecified atom stereocenters. The third kappa shape index (κ3) is 3.35. The molecule has 0 amide bonds. The fourth-order valence-electron chi connectivity index (χ4n) is 2.73. The smallest absolute Gasteiger partial charge is 0.0741 e. The summed E-state index contributed by atoms with van der Waals surface area (Å²) in [7, 11) is 0. The molecule has 2 atom stereocenters. The zero-order valence-corrected chi connectivity index (χ0v) is 13.6. The molecule has 1 aliphatic carbocycles. The number of anilines is 1. The van der Waals surface area contributed by atoms with Crippen LogP contribution in [0.1, 0.15) is 31.7 Å². The lowest BCUT2D eigenvalue weighted by molar-refractivity contribution is 0.103. The second kappa shape index (κ2) is 6.04. The normalized spacial score (nSPS) is 26.9. The van der Waals surface area contributed by atoms with Gasteiger partial charge in [-0.2, -0.15) is 0 Å². The molecule has 2 aliphatic rings. The lowest BCUT2D eigenvalue weighted by Crippen LogP contribution is -2.43. The van der Waals surface area contributed by atoms with E-state index >= 15 is 0 Å². The summed E-state index contributed by atoms with van der Waals surface area (Å²) in [6, 6.07) is 7.32. The molecule has 0 aromatic heterocycles. The summed E-state index contributed by atoms with van der Waals surface area (Å²) in [4.78, 5) is 2.28. The van der Waals surface area contributed by atoms with Crippen LogP contribution in [0.4, 0.5) is 5.69 Å². The minimum Gasteiger partial charge on any atom is -0.391 e. The first-order valence-electron chi connectivity index (χ1n) is 7.58. The molecule has 2 N–H and O–H groups in total. The molecule has 3 rings (SSSR count). The van der Waals surface area contributed by atoms with E-state index in [0.717, 1.165) is 36.6 Å². The minimum absolute atomic E-state index is 0.216. The summed E-state index contributed by atoms with van der Waals surface area (Å²) in [6.07, 6.45) is 3.48. The van der Waals surface area contributed by atoms with Gasteiger partial charge in [-0.3, -0.25) is 0 Å². The summed E-state index contributed by atoms with van der Waals surface area (Å²) in [5.74, 6) is 0.409. The number of aliphatic hydroxyl groups is 1. The van der Waals surface area contributed by atoms with Crippen LogP contribution < -0.4 is 10.2 Å². The SMILES string of the molecule is CC1CCN(c2ccc(CNC3CC3)cc2Br)CC1O. The van der Waals surface area contributed by atoms with Crippen molar-refractivity contribution < 1.29 is 5.11 Å². The molecule has 1 saturated heterocycles. The van der Waals surface area contributed by atoms with Gasteiger partial charge in [-0.05, 0) is 58.8 Å². The minimum atomic E-state index is -0.216. The number of piperidine rings is 1. The van der Waals surface area contributed by atoms with Crippen molar-refractivity contribution >= 4 is 21.6 Å². The molecule has 2 fully saturated rings. The number of aliphatic hydroxyl groups excluding tert-OH is 1. The average Bonchev–Trinajstić information content (AvgIpc) is 3.24. The summed E-state index contributed by atoms with van der Waals surface area (Å²) < 4.78 is 1.13. The van der Waals surface area contributed by atoms with Crippen molar-refractivity contribution in [2.24, 2.45) is 5.92 Å². The summed E-state index contributed by atoms with van der Waals surface area (Å²) in [6.45, 7) is 4.84. The lowest BCUT2D eigenvalue weighted by atomic mass is 9.95. The molecule has 1 aromatic carbocycles. The molecule has 1 aliphatic heterocycles. The molecule has 0 spiro atoms. The topological polar surface area (TPSA) is 35.5 Å². The van der Waals surface area contributed by atoms with E-state index in [1.807, 2.05) is 0 Å². The molecule has 3 nitrogen and oxygen atoms in total. The molecule has 20 heavy (non-hydrogen) atoms. The zero-order chi connectivity index (χ0) is 14.1. The van der Waals surface area contributed by atoms with Gasteiger partial charge in [-0.25, -0.2) is 0 Å². The van der Waals surface area contributed by atoms with Crippen molar-refractivity contribution in [3.8, 4) is 0 Å². The molecule has 1 heterocycles. The molecule has 1 saturated carbocycles. The van der Waals surface area contributed by atoms with Crippen LogP contribution in [0, 0.1) is 5.92 Å². The molecule has 0 radical (unpaired) electrons. The van der Waals surface area contributed by atoms with Crippen molar-refractivity contribution in [1.29, 1.82) is 0 Å². The second-order valence-corrected chi connectivity index (χ2v) is 7.07. The number of hydrogen-bond acceptors (Lipinski definition) is 3. The van der Waals surface area contributed by atoms with Gasteiger partial charge in [0, 0.05) is 30.1 Å². The zero-order valence-electron chi connectivity index (χ0n) is 12.0. The van der Waals surface area contributed by atoms with Gasteiger partial charge >= 0.3 is 0 Å². The predicted molar refractivity (Wildman–Crippen MR) is 86.0 cm³/mol. The number of benzene rings is 1. The van der Waals surface area contributed by atoms with E-state index in [9.17, 15) is 5.11 Å². The van der Waals surface area contributed by atoms with Gasteiger partial charge in [-0.15, -0.1) is 0 Å². The Morgan fingerprint density at radius 1 is 1.35 bits per heavy atom. The van der Waals surface area contributed by atoms with Gasteiger partial charge in [-0.1, -0.05) is 13.0 Å². The molecule has 1 aromatic rings. The molecular formula is C16H23BrN2O. The predicted octanol–water partition coefficient (Wildman–Crippen LogP) is 2.91. The number of nitrogens with zero attached hydrogens (tertiary/aromatic N) is 1. The van der Waals surface area contributed by atoms with Gasteiger partial charge in [0.15, 0.2) is 0 Å². The fraction of sp³-hybridized carbons (Fsp3) is 0.625. The van der Waals surface area contributed by atoms with Crippen LogP contribution in [0.3, 0.4) is 0 Å². The third-order valence-electron chi connectivity index (χ3n) is 4.44. The Morgan fingerprint density at radius 2 is 2.15 bits per heavy atom. The number of rotatable bonds is 4. The Balaban J connectivity index is 1.66. The highest BCUT2D eigenvalue weighted by molar-refractivity contribution is 9.10. The van der Waals surface area contributed by atoms with Gasteiger partial charge in [0.1, 0.15) is 0 Å².